The first-order valence-corrected chi connectivity index (χ1v) is 15.8. The van der Waals surface area contributed by atoms with Crippen molar-refractivity contribution in [1.29, 1.82) is 0 Å². The zero-order valence-electron chi connectivity index (χ0n) is 23.0. The molecule has 2 unspecified atom stereocenters. The minimum Gasteiger partial charge on any atom is -0.320 e. The second-order valence-electron chi connectivity index (χ2n) is 10.8. The van der Waals surface area contributed by atoms with Crippen molar-refractivity contribution in [2.45, 2.75) is 142 Å². The highest BCUT2D eigenvalue weighted by Crippen LogP contribution is 2.51. The van der Waals surface area contributed by atoms with E-state index < -0.39 is 7.60 Å². The molecule has 0 fully saturated rings. The molecule has 1 N–H and O–H groups in total. The van der Waals surface area contributed by atoms with Crippen LogP contribution < -0.4 is 0 Å². The Morgan fingerprint density at radius 1 is 0.697 bits per heavy atom. The van der Waals surface area contributed by atoms with Gasteiger partial charge in [-0.3, -0.25) is 4.57 Å². The molecule has 33 heavy (non-hydrogen) atoms. The maximum absolute atomic E-state index is 12.5. The fraction of sp³-hybridized carbons (Fsp3) is 0.929. The van der Waals surface area contributed by atoms with Crippen LogP contribution >= 0.6 is 7.60 Å². The molecule has 4 nitrogen and oxygen atoms in total. The summed E-state index contributed by atoms with van der Waals surface area (Å²) in [5, 5.41) is 0. The Morgan fingerprint density at radius 3 is 1.48 bits per heavy atom. The highest BCUT2D eigenvalue weighted by atomic mass is 31.2. The van der Waals surface area contributed by atoms with Crippen LogP contribution in [0.25, 0.3) is 0 Å². The molecule has 5 heteroatoms. The molecule has 0 spiro atoms. The lowest BCUT2D eigenvalue weighted by molar-refractivity contribution is -0.883. The van der Waals surface area contributed by atoms with Crippen LogP contribution in [0.2, 0.25) is 0 Å². The third-order valence-electron chi connectivity index (χ3n) is 6.57. The minimum atomic E-state index is -3.55. The van der Waals surface area contributed by atoms with E-state index in [-0.39, 0.29) is 5.78 Å². The quantitative estimate of drug-likeness (QED) is 0.0637. The minimum absolute atomic E-state index is 0.350. The fourth-order valence-electron chi connectivity index (χ4n) is 4.55. The molecule has 0 saturated heterocycles. The zero-order valence-corrected chi connectivity index (χ0v) is 23.9. The molecule has 2 atom stereocenters. The number of unbranched alkanes of at least 4 members (excludes halogenated alkanes) is 16. The van der Waals surface area contributed by atoms with E-state index in [1.807, 2.05) is 28.1 Å². The van der Waals surface area contributed by atoms with Gasteiger partial charge in [0.2, 0.25) is 0 Å². The van der Waals surface area contributed by atoms with Gasteiger partial charge >= 0.3 is 7.60 Å². The molecule has 0 aromatic rings. The topological polar surface area (TPSA) is 46.5 Å². The van der Waals surface area contributed by atoms with Crippen LogP contribution in [0.4, 0.5) is 0 Å². The van der Waals surface area contributed by atoms with Crippen LogP contribution in [0.1, 0.15) is 136 Å². The van der Waals surface area contributed by atoms with Crippen molar-refractivity contribution in [3.05, 3.63) is 12.2 Å². The van der Waals surface area contributed by atoms with E-state index >= 15 is 0 Å². The van der Waals surface area contributed by atoms with Crippen LogP contribution in [0.15, 0.2) is 12.2 Å². The summed E-state index contributed by atoms with van der Waals surface area (Å²) < 4.78 is 18.4. The van der Waals surface area contributed by atoms with Gasteiger partial charge in [-0.2, -0.15) is 0 Å². The van der Waals surface area contributed by atoms with E-state index in [9.17, 15) is 9.46 Å². The van der Waals surface area contributed by atoms with E-state index in [1.165, 1.54) is 103 Å². The van der Waals surface area contributed by atoms with Gasteiger partial charge in [-0.05, 0) is 32.1 Å². The highest BCUT2D eigenvalue weighted by molar-refractivity contribution is 7.53. The fourth-order valence-corrected chi connectivity index (χ4v) is 6.45. The number of quaternary nitrogens is 1. The van der Waals surface area contributed by atoms with Crippen molar-refractivity contribution in [2.75, 3.05) is 27.7 Å². The standard InChI is InChI=1S/C28H58NO3P/c1-6-8-9-10-11-12-13-14-15-16-17-18-19-20-21-22-23-24-25-26-27-32-33(30,31)28(7-2)29(3,4)5/h16-17,28H,6-15,18-27H2,1-5H3/p+1/b17-16-. The van der Waals surface area contributed by atoms with Gasteiger partial charge in [-0.1, -0.05) is 109 Å². The Kier molecular flexibility index (Phi) is 21.1. The summed E-state index contributed by atoms with van der Waals surface area (Å²) >= 11 is 0. The maximum atomic E-state index is 12.5. The third kappa shape index (κ3) is 19.8. The van der Waals surface area contributed by atoms with Gasteiger partial charge in [0.15, 0.2) is 5.78 Å². The summed E-state index contributed by atoms with van der Waals surface area (Å²) in [6.07, 6.45) is 28.9. The van der Waals surface area contributed by atoms with Crippen LogP contribution in [-0.4, -0.2) is 42.9 Å². The van der Waals surface area contributed by atoms with Gasteiger partial charge in [0.25, 0.3) is 0 Å². The largest absolute Gasteiger partial charge is 0.385 e. The van der Waals surface area contributed by atoms with Gasteiger partial charge in [-0.15, -0.1) is 0 Å². The van der Waals surface area contributed by atoms with Crippen LogP contribution in [0.5, 0.6) is 0 Å². The summed E-state index contributed by atoms with van der Waals surface area (Å²) in [7, 11) is 2.31. The molecule has 0 aliphatic carbocycles. The van der Waals surface area contributed by atoms with E-state index in [1.54, 1.807) is 0 Å². The smallest absolute Gasteiger partial charge is 0.320 e. The van der Waals surface area contributed by atoms with Crippen LogP contribution in [0.3, 0.4) is 0 Å². The summed E-state index contributed by atoms with van der Waals surface area (Å²) in [5.74, 6) is -0.350. The Balaban J connectivity index is 3.43. The average molecular weight is 489 g/mol. The summed E-state index contributed by atoms with van der Waals surface area (Å²) in [5.41, 5.74) is 0. The third-order valence-corrected chi connectivity index (χ3v) is 8.93. The second kappa shape index (κ2) is 21.2. The lowest BCUT2D eigenvalue weighted by atomic mass is 10.1. The summed E-state index contributed by atoms with van der Waals surface area (Å²) in [6, 6.07) is 0. The number of hydrogen-bond donors (Lipinski definition) is 1. The molecule has 0 rings (SSSR count). The molecule has 0 radical (unpaired) electrons. The van der Waals surface area contributed by atoms with E-state index in [0.717, 1.165) is 12.8 Å². The van der Waals surface area contributed by atoms with Crippen molar-refractivity contribution in [2.24, 2.45) is 0 Å². The Bertz CT molecular complexity index is 502. The molecule has 0 aliphatic rings. The van der Waals surface area contributed by atoms with E-state index in [2.05, 4.69) is 19.1 Å². The lowest BCUT2D eigenvalue weighted by Gasteiger charge is -2.35. The second-order valence-corrected chi connectivity index (χ2v) is 12.7. The van der Waals surface area contributed by atoms with Crippen molar-refractivity contribution < 1.29 is 18.5 Å². The Labute approximate surface area is 207 Å². The van der Waals surface area contributed by atoms with Crippen molar-refractivity contribution in [3.8, 4) is 0 Å². The van der Waals surface area contributed by atoms with Gasteiger partial charge in [0, 0.05) is 6.42 Å². The van der Waals surface area contributed by atoms with E-state index in [4.69, 9.17) is 4.52 Å². The number of allylic oxidation sites excluding steroid dienone is 2. The first-order chi connectivity index (χ1) is 15.8. The number of nitrogens with zero attached hydrogens (tertiary/aromatic N) is 1. The van der Waals surface area contributed by atoms with Gasteiger partial charge in [0.1, 0.15) is 0 Å². The molecular formula is C28H59NO3P+. The van der Waals surface area contributed by atoms with Crippen molar-refractivity contribution in [1.82, 2.24) is 0 Å². The molecule has 0 amide bonds. The molecule has 0 bridgehead atoms. The van der Waals surface area contributed by atoms with Crippen molar-refractivity contribution >= 4 is 7.60 Å². The molecule has 0 aliphatic heterocycles. The summed E-state index contributed by atoms with van der Waals surface area (Å²) in [6.45, 7) is 4.63. The van der Waals surface area contributed by atoms with E-state index in [0.29, 0.717) is 17.5 Å². The molecule has 198 valence electrons. The molecule has 0 aromatic carbocycles. The Hall–Kier alpha value is -0.150. The van der Waals surface area contributed by atoms with Gasteiger partial charge in [-0.25, -0.2) is 0 Å². The number of hydrogen-bond acceptors (Lipinski definition) is 2. The lowest BCUT2D eigenvalue weighted by Crippen LogP contribution is -2.44. The van der Waals surface area contributed by atoms with Gasteiger partial charge in [0.05, 0.1) is 27.7 Å². The molecule has 0 aromatic heterocycles. The predicted octanol–water partition coefficient (Wildman–Crippen LogP) is 9.23. The maximum Gasteiger partial charge on any atom is 0.385 e. The monoisotopic (exact) mass is 488 g/mol. The first-order valence-electron chi connectivity index (χ1n) is 14.2. The highest BCUT2D eigenvalue weighted by Gasteiger charge is 2.41. The first kappa shape index (κ1) is 32.8. The predicted molar refractivity (Wildman–Crippen MR) is 146 cm³/mol. The van der Waals surface area contributed by atoms with Crippen LogP contribution in [0, 0.1) is 0 Å². The Morgan fingerprint density at radius 2 is 1.09 bits per heavy atom. The van der Waals surface area contributed by atoms with Gasteiger partial charge < -0.3 is 13.9 Å². The van der Waals surface area contributed by atoms with Crippen molar-refractivity contribution in [3.63, 3.8) is 0 Å². The zero-order chi connectivity index (χ0) is 24.8. The molecular weight excluding hydrogens is 429 g/mol. The SMILES string of the molecule is CCCCCCCCCC/C=C\CCCCCCCCCCOP(=O)(O)C(CC)[N+](C)(C)C. The molecule has 0 heterocycles. The number of rotatable bonds is 24. The normalized spacial score (nSPS) is 15.2. The summed E-state index contributed by atoms with van der Waals surface area (Å²) in [4.78, 5) is 10.3. The van der Waals surface area contributed by atoms with Crippen LogP contribution in [-0.2, 0) is 9.09 Å². The molecule has 0 saturated carbocycles. The average Bonchev–Trinajstić information content (AvgIpc) is 2.74.